The molecule has 150 valence electrons. The second-order valence-corrected chi connectivity index (χ2v) is 8.34. The van der Waals surface area contributed by atoms with Crippen LogP contribution in [0.1, 0.15) is 60.8 Å². The molecule has 0 heterocycles. The van der Waals surface area contributed by atoms with Gasteiger partial charge in [-0.2, -0.15) is 0 Å². The molecule has 0 amide bonds. The van der Waals surface area contributed by atoms with Gasteiger partial charge in [0.25, 0.3) is 0 Å². The molecular formula is C28H32O. The second-order valence-electron chi connectivity index (χ2n) is 8.34. The van der Waals surface area contributed by atoms with E-state index < -0.39 is 0 Å². The van der Waals surface area contributed by atoms with Gasteiger partial charge in [0.15, 0.2) is 0 Å². The standard InChI is InChI=1S/C28H32O/c1-3-5-7-21-8-9-23-18-24(11-10-22(23)17-21)25-12-13-27-20-28(29-16-6-4-2)15-14-26(27)19-25/h4,8-11,14-15,17-18,20,25H,2-3,5-7,12-13,16,19H2,1H3. The van der Waals surface area contributed by atoms with E-state index in [2.05, 4.69) is 68.1 Å². The van der Waals surface area contributed by atoms with E-state index in [4.69, 9.17) is 4.74 Å². The Balaban J connectivity index is 1.48. The fourth-order valence-electron chi connectivity index (χ4n) is 4.47. The predicted octanol–water partition coefficient (Wildman–Crippen LogP) is 7.41. The summed E-state index contributed by atoms with van der Waals surface area (Å²) in [6.45, 7) is 6.72. The molecule has 29 heavy (non-hydrogen) atoms. The van der Waals surface area contributed by atoms with Gasteiger partial charge in [-0.1, -0.05) is 61.9 Å². The molecule has 0 N–H and O–H groups in total. The maximum absolute atomic E-state index is 5.83. The predicted molar refractivity (Wildman–Crippen MR) is 124 cm³/mol. The van der Waals surface area contributed by atoms with E-state index >= 15 is 0 Å². The molecule has 0 aliphatic heterocycles. The molecule has 3 aromatic rings. The van der Waals surface area contributed by atoms with Crippen LogP contribution in [0, 0.1) is 0 Å². The summed E-state index contributed by atoms with van der Waals surface area (Å²) < 4.78 is 5.83. The van der Waals surface area contributed by atoms with Crippen LogP contribution in [0.4, 0.5) is 0 Å². The summed E-state index contributed by atoms with van der Waals surface area (Å²) in [6, 6.07) is 20.7. The third kappa shape index (κ3) is 4.72. The van der Waals surface area contributed by atoms with Crippen LogP contribution in [-0.2, 0) is 19.3 Å². The van der Waals surface area contributed by atoms with Gasteiger partial charge in [0, 0.05) is 0 Å². The van der Waals surface area contributed by atoms with Crippen molar-refractivity contribution >= 4 is 10.8 Å². The minimum Gasteiger partial charge on any atom is -0.493 e. The summed E-state index contributed by atoms with van der Waals surface area (Å²) in [7, 11) is 0. The van der Waals surface area contributed by atoms with Gasteiger partial charge in [-0.25, -0.2) is 0 Å². The van der Waals surface area contributed by atoms with Crippen molar-refractivity contribution in [2.45, 2.75) is 57.8 Å². The van der Waals surface area contributed by atoms with Crippen LogP contribution in [0.2, 0.25) is 0 Å². The molecule has 1 unspecified atom stereocenters. The van der Waals surface area contributed by atoms with Crippen molar-refractivity contribution in [1.29, 1.82) is 0 Å². The Labute approximate surface area is 175 Å². The van der Waals surface area contributed by atoms with Gasteiger partial charge in [0.1, 0.15) is 5.75 Å². The normalized spacial score (nSPS) is 15.8. The molecular weight excluding hydrogens is 352 g/mol. The summed E-state index contributed by atoms with van der Waals surface area (Å²) in [6.07, 6.45) is 9.97. The summed E-state index contributed by atoms with van der Waals surface area (Å²) in [5.41, 5.74) is 5.88. The number of hydrogen-bond donors (Lipinski definition) is 0. The van der Waals surface area contributed by atoms with E-state index in [9.17, 15) is 0 Å². The molecule has 0 saturated carbocycles. The van der Waals surface area contributed by atoms with Crippen LogP contribution in [-0.4, -0.2) is 6.61 Å². The van der Waals surface area contributed by atoms with Crippen molar-refractivity contribution in [3.63, 3.8) is 0 Å². The van der Waals surface area contributed by atoms with Gasteiger partial charge in [-0.05, 0) is 89.6 Å². The highest BCUT2D eigenvalue weighted by atomic mass is 16.5. The Morgan fingerprint density at radius 3 is 2.72 bits per heavy atom. The third-order valence-electron chi connectivity index (χ3n) is 6.22. The molecule has 0 fully saturated rings. The number of hydrogen-bond acceptors (Lipinski definition) is 1. The molecule has 4 rings (SSSR count). The van der Waals surface area contributed by atoms with Crippen molar-refractivity contribution in [3.05, 3.63) is 89.5 Å². The molecule has 3 aromatic carbocycles. The van der Waals surface area contributed by atoms with Crippen molar-refractivity contribution in [2.75, 3.05) is 6.61 Å². The first kappa shape index (κ1) is 19.8. The van der Waals surface area contributed by atoms with E-state index in [1.807, 2.05) is 6.08 Å². The smallest absolute Gasteiger partial charge is 0.119 e. The first-order valence-electron chi connectivity index (χ1n) is 11.1. The molecule has 1 heteroatoms. The van der Waals surface area contributed by atoms with E-state index in [0.717, 1.165) is 25.0 Å². The lowest BCUT2D eigenvalue weighted by atomic mass is 9.79. The molecule has 1 aliphatic carbocycles. The maximum Gasteiger partial charge on any atom is 0.119 e. The van der Waals surface area contributed by atoms with Crippen LogP contribution >= 0.6 is 0 Å². The quantitative estimate of drug-likeness (QED) is 0.290. The van der Waals surface area contributed by atoms with Gasteiger partial charge >= 0.3 is 0 Å². The van der Waals surface area contributed by atoms with Crippen LogP contribution in [0.3, 0.4) is 0 Å². The van der Waals surface area contributed by atoms with Gasteiger partial charge in [-0.3, -0.25) is 0 Å². The number of benzene rings is 3. The van der Waals surface area contributed by atoms with Gasteiger partial charge in [-0.15, -0.1) is 6.58 Å². The largest absolute Gasteiger partial charge is 0.493 e. The van der Waals surface area contributed by atoms with Crippen LogP contribution in [0.25, 0.3) is 10.8 Å². The fraction of sp³-hybridized carbons (Fsp3) is 0.357. The average molecular weight is 385 g/mol. The summed E-state index contributed by atoms with van der Waals surface area (Å²) in [4.78, 5) is 0. The second kappa shape index (κ2) is 9.31. The molecule has 1 atom stereocenters. The third-order valence-corrected chi connectivity index (χ3v) is 6.22. The highest BCUT2D eigenvalue weighted by Crippen LogP contribution is 2.35. The Morgan fingerprint density at radius 2 is 1.86 bits per heavy atom. The molecule has 1 aliphatic rings. The summed E-state index contributed by atoms with van der Waals surface area (Å²) in [5, 5.41) is 2.75. The van der Waals surface area contributed by atoms with Crippen molar-refractivity contribution < 1.29 is 4.74 Å². The van der Waals surface area contributed by atoms with Crippen molar-refractivity contribution in [1.82, 2.24) is 0 Å². The van der Waals surface area contributed by atoms with Crippen LogP contribution in [0.15, 0.2) is 67.3 Å². The lowest BCUT2D eigenvalue weighted by Gasteiger charge is -2.26. The number of rotatable bonds is 8. The zero-order chi connectivity index (χ0) is 20.1. The first-order chi connectivity index (χ1) is 14.3. The summed E-state index contributed by atoms with van der Waals surface area (Å²) >= 11 is 0. The zero-order valence-corrected chi connectivity index (χ0v) is 17.6. The van der Waals surface area contributed by atoms with Crippen molar-refractivity contribution in [2.24, 2.45) is 0 Å². The van der Waals surface area contributed by atoms with E-state index in [1.54, 1.807) is 0 Å². The topological polar surface area (TPSA) is 9.23 Å². The van der Waals surface area contributed by atoms with E-state index in [1.165, 1.54) is 58.7 Å². The van der Waals surface area contributed by atoms with Crippen LogP contribution in [0.5, 0.6) is 5.75 Å². The minimum atomic E-state index is 0.610. The highest BCUT2D eigenvalue weighted by Gasteiger charge is 2.21. The van der Waals surface area contributed by atoms with E-state index in [-0.39, 0.29) is 0 Å². The fourth-order valence-corrected chi connectivity index (χ4v) is 4.47. The lowest BCUT2D eigenvalue weighted by molar-refractivity contribution is 0.324. The van der Waals surface area contributed by atoms with Crippen LogP contribution < -0.4 is 4.74 Å². The number of ether oxygens (including phenoxy) is 1. The highest BCUT2D eigenvalue weighted by molar-refractivity contribution is 5.84. The number of aryl methyl sites for hydroxylation is 2. The van der Waals surface area contributed by atoms with Crippen molar-refractivity contribution in [3.8, 4) is 5.75 Å². The Morgan fingerprint density at radius 1 is 1.00 bits per heavy atom. The van der Waals surface area contributed by atoms with Gasteiger partial charge in [0.2, 0.25) is 0 Å². The molecule has 0 bridgehead atoms. The molecule has 0 saturated heterocycles. The van der Waals surface area contributed by atoms with E-state index in [0.29, 0.717) is 12.5 Å². The molecule has 0 spiro atoms. The Kier molecular flexibility index (Phi) is 6.34. The average Bonchev–Trinajstić information content (AvgIpc) is 2.77. The first-order valence-corrected chi connectivity index (χ1v) is 11.1. The molecule has 1 nitrogen and oxygen atoms in total. The zero-order valence-electron chi connectivity index (χ0n) is 17.6. The summed E-state index contributed by atoms with van der Waals surface area (Å²) in [5.74, 6) is 1.60. The number of unbranched alkanes of at least 4 members (excludes halogenated alkanes) is 1. The lowest BCUT2D eigenvalue weighted by Crippen LogP contribution is -2.13. The molecule has 0 aromatic heterocycles. The number of fused-ring (bicyclic) bond motifs is 2. The minimum absolute atomic E-state index is 0.610. The Bertz CT molecular complexity index is 985. The van der Waals surface area contributed by atoms with Gasteiger partial charge in [0.05, 0.1) is 6.61 Å². The molecule has 0 radical (unpaired) electrons. The Hall–Kier alpha value is -2.54. The monoisotopic (exact) mass is 384 g/mol. The SMILES string of the molecule is C=CCCOc1ccc2c(c1)CCC(c1ccc3cc(CCCC)ccc3c1)C2. The maximum atomic E-state index is 5.83. The van der Waals surface area contributed by atoms with Gasteiger partial charge < -0.3 is 4.74 Å².